The number of rotatable bonds is 7. The van der Waals surface area contributed by atoms with Crippen molar-refractivity contribution in [2.45, 2.75) is 19.3 Å². The summed E-state index contributed by atoms with van der Waals surface area (Å²) in [6, 6.07) is 10.3. The highest BCUT2D eigenvalue weighted by Gasteiger charge is 2.19. The van der Waals surface area contributed by atoms with Gasteiger partial charge in [0.1, 0.15) is 5.76 Å². The lowest BCUT2D eigenvalue weighted by Gasteiger charge is -2.15. The van der Waals surface area contributed by atoms with E-state index in [2.05, 4.69) is 10.6 Å². The maximum Gasteiger partial charge on any atom is 0.253 e. The zero-order valence-electron chi connectivity index (χ0n) is 15.5. The molecule has 3 rings (SSSR count). The van der Waals surface area contributed by atoms with Gasteiger partial charge in [-0.2, -0.15) is 0 Å². The molecular weight excluding hydrogens is 358 g/mol. The standard InChI is InChI=1S/C21H23N3O4/c25-19(10-9-18-4-3-15-28-18)22-12-11-20(26)23-17-7-5-16(6-8-17)21(27)24-13-1-2-14-24/h3-10,15H,1-2,11-14H2,(H,22,25)(H,23,26)/b10-9+. The van der Waals surface area contributed by atoms with Crippen molar-refractivity contribution in [2.75, 3.05) is 25.0 Å². The van der Waals surface area contributed by atoms with Crippen LogP contribution in [0.3, 0.4) is 0 Å². The van der Waals surface area contributed by atoms with Gasteiger partial charge in [0, 0.05) is 43.4 Å². The molecule has 0 atom stereocenters. The SMILES string of the molecule is O=C(/C=C/c1ccco1)NCCC(=O)Nc1ccc(C(=O)N2CCCC2)cc1. The van der Waals surface area contributed by atoms with Crippen LogP contribution in [0.1, 0.15) is 35.4 Å². The third-order valence-electron chi connectivity index (χ3n) is 4.40. The summed E-state index contributed by atoms with van der Waals surface area (Å²) >= 11 is 0. The number of nitrogens with zero attached hydrogens (tertiary/aromatic N) is 1. The molecule has 1 fully saturated rings. The van der Waals surface area contributed by atoms with Crippen LogP contribution in [0.2, 0.25) is 0 Å². The Balaban J connectivity index is 1.39. The summed E-state index contributed by atoms with van der Waals surface area (Å²) in [7, 11) is 0. The van der Waals surface area contributed by atoms with Crippen molar-refractivity contribution in [3.8, 4) is 0 Å². The number of carbonyl (C=O) groups is 3. The van der Waals surface area contributed by atoms with Crippen molar-refractivity contribution in [3.63, 3.8) is 0 Å². The van der Waals surface area contributed by atoms with E-state index in [1.54, 1.807) is 42.5 Å². The topological polar surface area (TPSA) is 91.6 Å². The number of anilines is 1. The first-order valence-electron chi connectivity index (χ1n) is 9.30. The van der Waals surface area contributed by atoms with Crippen molar-refractivity contribution in [1.29, 1.82) is 0 Å². The third-order valence-corrected chi connectivity index (χ3v) is 4.40. The maximum absolute atomic E-state index is 12.3. The molecule has 28 heavy (non-hydrogen) atoms. The van der Waals surface area contributed by atoms with Crippen LogP contribution in [0, 0.1) is 0 Å². The Kier molecular flexibility index (Phi) is 6.62. The summed E-state index contributed by atoms with van der Waals surface area (Å²) in [5.41, 5.74) is 1.24. The lowest BCUT2D eigenvalue weighted by molar-refractivity contribution is -0.117. The third kappa shape index (κ3) is 5.57. The molecule has 1 aromatic heterocycles. The van der Waals surface area contributed by atoms with Gasteiger partial charge in [0.25, 0.3) is 5.91 Å². The van der Waals surface area contributed by atoms with Crippen LogP contribution >= 0.6 is 0 Å². The molecule has 1 aromatic carbocycles. The Labute approximate surface area is 163 Å². The minimum absolute atomic E-state index is 0.0284. The Hall–Kier alpha value is -3.35. The highest BCUT2D eigenvalue weighted by Crippen LogP contribution is 2.15. The molecule has 0 spiro atoms. The zero-order valence-corrected chi connectivity index (χ0v) is 15.5. The normalized spacial score (nSPS) is 13.6. The quantitative estimate of drug-likeness (QED) is 0.722. The summed E-state index contributed by atoms with van der Waals surface area (Å²) < 4.78 is 5.09. The molecule has 2 heterocycles. The Morgan fingerprint density at radius 3 is 2.50 bits per heavy atom. The highest BCUT2D eigenvalue weighted by molar-refractivity contribution is 5.96. The Morgan fingerprint density at radius 2 is 1.82 bits per heavy atom. The fourth-order valence-electron chi connectivity index (χ4n) is 2.92. The zero-order chi connectivity index (χ0) is 19.8. The van der Waals surface area contributed by atoms with E-state index in [1.807, 2.05) is 4.90 Å². The number of likely N-dealkylation sites (tertiary alicyclic amines) is 1. The van der Waals surface area contributed by atoms with Crippen molar-refractivity contribution in [1.82, 2.24) is 10.2 Å². The van der Waals surface area contributed by atoms with Gasteiger partial charge in [-0.3, -0.25) is 14.4 Å². The second kappa shape index (κ2) is 9.55. The fourth-order valence-corrected chi connectivity index (χ4v) is 2.92. The molecule has 2 N–H and O–H groups in total. The Morgan fingerprint density at radius 1 is 1.07 bits per heavy atom. The molecule has 1 aliphatic rings. The highest BCUT2D eigenvalue weighted by atomic mass is 16.3. The van der Waals surface area contributed by atoms with Gasteiger partial charge in [0.05, 0.1) is 6.26 Å². The number of benzene rings is 1. The first-order valence-corrected chi connectivity index (χ1v) is 9.30. The smallest absolute Gasteiger partial charge is 0.253 e. The minimum atomic E-state index is -0.297. The second-order valence-electron chi connectivity index (χ2n) is 6.51. The minimum Gasteiger partial charge on any atom is -0.465 e. The largest absolute Gasteiger partial charge is 0.465 e. The molecule has 0 saturated carbocycles. The Bertz CT molecular complexity index is 835. The van der Waals surface area contributed by atoms with Crippen LogP contribution in [-0.4, -0.2) is 42.3 Å². The van der Waals surface area contributed by atoms with Crippen LogP contribution in [0.5, 0.6) is 0 Å². The first kappa shape index (κ1) is 19.4. The molecule has 1 aliphatic heterocycles. The predicted molar refractivity (Wildman–Crippen MR) is 106 cm³/mol. The van der Waals surface area contributed by atoms with Crippen LogP contribution in [0.4, 0.5) is 5.69 Å². The average Bonchev–Trinajstić information content (AvgIpc) is 3.40. The van der Waals surface area contributed by atoms with E-state index in [9.17, 15) is 14.4 Å². The molecule has 0 radical (unpaired) electrons. The van der Waals surface area contributed by atoms with Crippen molar-refractivity contribution in [3.05, 3.63) is 60.1 Å². The molecule has 7 nitrogen and oxygen atoms in total. The predicted octanol–water partition coefficient (Wildman–Crippen LogP) is 2.67. The molecule has 146 valence electrons. The molecule has 1 saturated heterocycles. The number of carbonyl (C=O) groups excluding carboxylic acids is 3. The number of hydrogen-bond donors (Lipinski definition) is 2. The molecular formula is C21H23N3O4. The van der Waals surface area contributed by atoms with Gasteiger partial charge in [0.2, 0.25) is 11.8 Å². The lowest BCUT2D eigenvalue weighted by atomic mass is 10.2. The first-order chi connectivity index (χ1) is 13.6. The number of nitrogens with one attached hydrogen (secondary N) is 2. The van der Waals surface area contributed by atoms with Crippen LogP contribution in [0.25, 0.3) is 6.08 Å². The van der Waals surface area contributed by atoms with E-state index >= 15 is 0 Å². The fraction of sp³-hybridized carbons (Fsp3) is 0.286. The lowest BCUT2D eigenvalue weighted by Crippen LogP contribution is -2.27. The van der Waals surface area contributed by atoms with Gasteiger partial charge < -0.3 is 20.0 Å². The second-order valence-corrected chi connectivity index (χ2v) is 6.51. The van der Waals surface area contributed by atoms with Gasteiger partial charge in [-0.15, -0.1) is 0 Å². The van der Waals surface area contributed by atoms with Gasteiger partial charge in [-0.1, -0.05) is 0 Å². The molecule has 0 aliphatic carbocycles. The molecule has 0 bridgehead atoms. The van der Waals surface area contributed by atoms with Crippen LogP contribution in [-0.2, 0) is 9.59 Å². The van der Waals surface area contributed by atoms with E-state index in [4.69, 9.17) is 4.42 Å². The molecule has 3 amide bonds. The van der Waals surface area contributed by atoms with Gasteiger partial charge >= 0.3 is 0 Å². The van der Waals surface area contributed by atoms with Crippen LogP contribution < -0.4 is 10.6 Å². The van der Waals surface area contributed by atoms with Gasteiger partial charge in [-0.25, -0.2) is 0 Å². The van der Waals surface area contributed by atoms with E-state index in [0.29, 0.717) is 17.0 Å². The summed E-state index contributed by atoms with van der Waals surface area (Å²) in [5.74, 6) is 0.100. The molecule has 7 heteroatoms. The van der Waals surface area contributed by atoms with E-state index in [0.717, 1.165) is 25.9 Å². The summed E-state index contributed by atoms with van der Waals surface area (Å²) in [6.07, 6.45) is 6.68. The number of furan rings is 1. The van der Waals surface area contributed by atoms with Crippen molar-refractivity contribution < 1.29 is 18.8 Å². The molecule has 2 aromatic rings. The van der Waals surface area contributed by atoms with Crippen LogP contribution in [0.15, 0.2) is 53.2 Å². The number of hydrogen-bond acceptors (Lipinski definition) is 4. The molecule has 0 unspecified atom stereocenters. The monoisotopic (exact) mass is 381 g/mol. The summed E-state index contributed by atoms with van der Waals surface area (Å²) in [5, 5.41) is 5.40. The van der Waals surface area contributed by atoms with E-state index in [1.165, 1.54) is 12.3 Å². The number of amides is 3. The van der Waals surface area contributed by atoms with E-state index in [-0.39, 0.29) is 30.7 Å². The van der Waals surface area contributed by atoms with Crippen molar-refractivity contribution >= 4 is 29.5 Å². The maximum atomic E-state index is 12.3. The summed E-state index contributed by atoms with van der Waals surface area (Å²) in [4.78, 5) is 37.8. The van der Waals surface area contributed by atoms with Crippen molar-refractivity contribution in [2.24, 2.45) is 0 Å². The van der Waals surface area contributed by atoms with E-state index < -0.39 is 0 Å². The summed E-state index contributed by atoms with van der Waals surface area (Å²) in [6.45, 7) is 1.83. The average molecular weight is 381 g/mol. The van der Waals surface area contributed by atoms with Gasteiger partial charge in [-0.05, 0) is 55.3 Å². The van der Waals surface area contributed by atoms with Gasteiger partial charge in [0.15, 0.2) is 0 Å².